The molecule has 1 nitrogen and oxygen atoms in total. The minimum atomic E-state index is 0.881. The van der Waals surface area contributed by atoms with Gasteiger partial charge in [-0.3, -0.25) is 0 Å². The summed E-state index contributed by atoms with van der Waals surface area (Å²) in [6.45, 7) is 4.65. The normalized spacial score (nSPS) is 45.5. The Hall–Kier alpha value is -0.0400. The van der Waals surface area contributed by atoms with Crippen LogP contribution in [-0.2, 0) is 0 Å². The Morgan fingerprint density at radius 2 is 2.00 bits per heavy atom. The van der Waals surface area contributed by atoms with Crippen LogP contribution in [0.2, 0.25) is 0 Å². The molecule has 2 rings (SSSR count). The van der Waals surface area contributed by atoms with Gasteiger partial charge in [-0.05, 0) is 37.5 Å². The van der Waals surface area contributed by atoms with Gasteiger partial charge in [0.2, 0.25) is 0 Å². The Labute approximate surface area is 75.9 Å². The highest BCUT2D eigenvalue weighted by atomic mass is 15.0. The summed E-state index contributed by atoms with van der Waals surface area (Å²) in [5.41, 5.74) is 0. The molecule has 0 bridgehead atoms. The van der Waals surface area contributed by atoms with Crippen molar-refractivity contribution in [3.05, 3.63) is 0 Å². The Morgan fingerprint density at radius 3 is 2.58 bits per heavy atom. The Bertz CT molecular complexity index is 149. The van der Waals surface area contributed by atoms with E-state index >= 15 is 0 Å². The molecular formula is C11H21N. The maximum absolute atomic E-state index is 3.76. The average Bonchev–Trinajstić information content (AvgIpc) is 2.66. The van der Waals surface area contributed by atoms with Crippen molar-refractivity contribution >= 4 is 0 Å². The Balaban J connectivity index is 1.58. The van der Waals surface area contributed by atoms with Crippen molar-refractivity contribution in [2.45, 2.75) is 58.0 Å². The van der Waals surface area contributed by atoms with Crippen molar-refractivity contribution in [1.82, 2.24) is 5.32 Å². The van der Waals surface area contributed by atoms with E-state index in [2.05, 4.69) is 19.2 Å². The van der Waals surface area contributed by atoms with E-state index in [1.54, 1.807) is 0 Å². The predicted molar refractivity (Wildman–Crippen MR) is 52.1 cm³/mol. The second kappa shape index (κ2) is 3.37. The first-order valence-electron chi connectivity index (χ1n) is 5.55. The van der Waals surface area contributed by atoms with Gasteiger partial charge in [0.1, 0.15) is 0 Å². The summed E-state index contributed by atoms with van der Waals surface area (Å²) in [4.78, 5) is 0. The Kier molecular flexibility index (Phi) is 2.40. The molecule has 0 amide bonds. The molecule has 0 aromatic rings. The fraction of sp³-hybridized carbons (Fsp3) is 1.00. The van der Waals surface area contributed by atoms with E-state index in [4.69, 9.17) is 0 Å². The lowest BCUT2D eigenvalue weighted by molar-refractivity contribution is 0.237. The van der Waals surface area contributed by atoms with Crippen LogP contribution in [0.3, 0.4) is 0 Å². The number of nitrogens with one attached hydrogen (secondary N) is 1. The zero-order chi connectivity index (χ0) is 8.55. The lowest BCUT2D eigenvalue weighted by atomic mass is 9.82. The minimum Gasteiger partial charge on any atom is -0.311 e. The summed E-state index contributed by atoms with van der Waals surface area (Å²) in [5.74, 6) is 2.02. The molecule has 2 fully saturated rings. The van der Waals surface area contributed by atoms with Crippen molar-refractivity contribution in [2.75, 3.05) is 0 Å². The largest absolute Gasteiger partial charge is 0.311 e. The second-order valence-electron chi connectivity index (χ2n) is 4.83. The molecule has 1 N–H and O–H groups in total. The second-order valence-corrected chi connectivity index (χ2v) is 4.83. The number of rotatable bonds is 4. The predicted octanol–water partition coefficient (Wildman–Crippen LogP) is 2.56. The molecule has 0 aromatic heterocycles. The monoisotopic (exact) mass is 167 g/mol. The van der Waals surface area contributed by atoms with E-state index in [0.717, 1.165) is 23.9 Å². The van der Waals surface area contributed by atoms with E-state index in [1.807, 2.05) is 0 Å². The summed E-state index contributed by atoms with van der Waals surface area (Å²) in [6.07, 6.45) is 7.12. The molecule has 0 spiro atoms. The van der Waals surface area contributed by atoms with Crippen molar-refractivity contribution in [1.29, 1.82) is 0 Å². The van der Waals surface area contributed by atoms with Crippen molar-refractivity contribution in [3.8, 4) is 0 Å². The lowest BCUT2D eigenvalue weighted by Gasteiger charge is -2.33. The fourth-order valence-electron chi connectivity index (χ4n) is 2.48. The highest BCUT2D eigenvalue weighted by Crippen LogP contribution is 2.37. The molecule has 0 radical (unpaired) electrons. The van der Waals surface area contributed by atoms with Gasteiger partial charge in [0.25, 0.3) is 0 Å². The van der Waals surface area contributed by atoms with Crippen molar-refractivity contribution in [2.24, 2.45) is 11.8 Å². The SMILES string of the molecule is CCCC1CC1NC1CC(C)C1. The third-order valence-corrected chi connectivity index (χ3v) is 3.41. The molecule has 12 heavy (non-hydrogen) atoms. The smallest absolute Gasteiger partial charge is 0.0102 e. The first-order valence-corrected chi connectivity index (χ1v) is 5.55. The standard InChI is InChI=1S/C11H21N/c1-3-4-9-7-11(9)12-10-5-8(2)6-10/h8-12H,3-7H2,1-2H3. The van der Waals surface area contributed by atoms with E-state index in [1.165, 1.54) is 32.1 Å². The van der Waals surface area contributed by atoms with Crippen LogP contribution in [0.25, 0.3) is 0 Å². The van der Waals surface area contributed by atoms with Gasteiger partial charge >= 0.3 is 0 Å². The summed E-state index contributed by atoms with van der Waals surface area (Å²) >= 11 is 0. The maximum atomic E-state index is 3.76. The quantitative estimate of drug-likeness (QED) is 0.678. The molecular weight excluding hydrogens is 146 g/mol. The van der Waals surface area contributed by atoms with E-state index in [0.29, 0.717) is 0 Å². The van der Waals surface area contributed by atoms with Crippen LogP contribution in [0, 0.1) is 11.8 Å². The third kappa shape index (κ3) is 1.82. The van der Waals surface area contributed by atoms with Gasteiger partial charge in [0, 0.05) is 12.1 Å². The van der Waals surface area contributed by atoms with Gasteiger partial charge in [-0.2, -0.15) is 0 Å². The van der Waals surface area contributed by atoms with E-state index in [-0.39, 0.29) is 0 Å². The first-order chi connectivity index (χ1) is 5.79. The van der Waals surface area contributed by atoms with Crippen LogP contribution in [0.4, 0.5) is 0 Å². The zero-order valence-electron chi connectivity index (χ0n) is 8.34. The third-order valence-electron chi connectivity index (χ3n) is 3.41. The zero-order valence-corrected chi connectivity index (χ0v) is 8.34. The molecule has 2 saturated carbocycles. The van der Waals surface area contributed by atoms with Crippen LogP contribution < -0.4 is 5.32 Å². The average molecular weight is 167 g/mol. The molecule has 0 aliphatic heterocycles. The molecule has 0 heterocycles. The van der Waals surface area contributed by atoms with Crippen LogP contribution >= 0.6 is 0 Å². The lowest BCUT2D eigenvalue weighted by Crippen LogP contribution is -2.41. The minimum absolute atomic E-state index is 0.881. The summed E-state index contributed by atoms with van der Waals surface area (Å²) < 4.78 is 0. The summed E-state index contributed by atoms with van der Waals surface area (Å²) in [7, 11) is 0. The van der Waals surface area contributed by atoms with E-state index in [9.17, 15) is 0 Å². The molecule has 0 saturated heterocycles. The van der Waals surface area contributed by atoms with Crippen LogP contribution in [0.15, 0.2) is 0 Å². The van der Waals surface area contributed by atoms with Crippen LogP contribution in [0.5, 0.6) is 0 Å². The molecule has 1 heteroatoms. The Morgan fingerprint density at radius 1 is 1.25 bits per heavy atom. The molecule has 2 atom stereocenters. The van der Waals surface area contributed by atoms with Crippen LogP contribution in [-0.4, -0.2) is 12.1 Å². The van der Waals surface area contributed by atoms with Crippen LogP contribution in [0.1, 0.15) is 46.0 Å². The maximum Gasteiger partial charge on any atom is 0.0102 e. The first kappa shape index (κ1) is 8.55. The van der Waals surface area contributed by atoms with Gasteiger partial charge in [-0.15, -0.1) is 0 Å². The van der Waals surface area contributed by atoms with Crippen molar-refractivity contribution < 1.29 is 0 Å². The molecule has 2 aliphatic carbocycles. The number of hydrogen-bond donors (Lipinski definition) is 1. The molecule has 70 valence electrons. The highest BCUT2D eigenvalue weighted by Gasteiger charge is 2.39. The van der Waals surface area contributed by atoms with Gasteiger partial charge in [0.15, 0.2) is 0 Å². The summed E-state index contributed by atoms with van der Waals surface area (Å²) in [6, 6.07) is 1.79. The van der Waals surface area contributed by atoms with Gasteiger partial charge in [0.05, 0.1) is 0 Å². The van der Waals surface area contributed by atoms with Gasteiger partial charge < -0.3 is 5.32 Å². The van der Waals surface area contributed by atoms with Gasteiger partial charge in [-0.25, -0.2) is 0 Å². The topological polar surface area (TPSA) is 12.0 Å². The molecule has 2 unspecified atom stereocenters. The fourth-order valence-corrected chi connectivity index (χ4v) is 2.48. The molecule has 2 aliphatic rings. The van der Waals surface area contributed by atoms with E-state index < -0.39 is 0 Å². The van der Waals surface area contributed by atoms with Gasteiger partial charge in [-0.1, -0.05) is 20.3 Å². The van der Waals surface area contributed by atoms with Crippen molar-refractivity contribution in [3.63, 3.8) is 0 Å². The number of hydrogen-bond acceptors (Lipinski definition) is 1. The summed E-state index contributed by atoms with van der Waals surface area (Å²) in [5, 5.41) is 3.76. The molecule has 0 aromatic carbocycles. The highest BCUT2D eigenvalue weighted by molar-refractivity contribution is 4.97.